The van der Waals surface area contributed by atoms with Crippen LogP contribution in [-0.4, -0.2) is 19.6 Å². The number of anilines is 1. The van der Waals surface area contributed by atoms with Crippen LogP contribution in [0.1, 0.15) is 32.8 Å². The van der Waals surface area contributed by atoms with Gasteiger partial charge in [0.25, 0.3) is 0 Å². The van der Waals surface area contributed by atoms with Gasteiger partial charge in [-0.3, -0.25) is 0 Å². The summed E-state index contributed by atoms with van der Waals surface area (Å²) in [7, 11) is 0. The molecule has 1 aliphatic heterocycles. The van der Waals surface area contributed by atoms with Crippen molar-refractivity contribution < 1.29 is 0 Å². The van der Waals surface area contributed by atoms with Gasteiger partial charge in [0.2, 0.25) is 0 Å². The van der Waals surface area contributed by atoms with Gasteiger partial charge in [0.1, 0.15) is 0 Å². The van der Waals surface area contributed by atoms with Crippen LogP contribution in [0.2, 0.25) is 0 Å². The molecule has 0 bridgehead atoms. The molecule has 0 spiro atoms. The second-order valence-electron chi connectivity index (χ2n) is 6.47. The average Bonchev–Trinajstić information content (AvgIpc) is 2.79. The van der Waals surface area contributed by atoms with Crippen molar-refractivity contribution >= 4 is 5.69 Å². The van der Waals surface area contributed by atoms with E-state index < -0.39 is 0 Å². The van der Waals surface area contributed by atoms with Gasteiger partial charge >= 0.3 is 0 Å². The molecule has 0 saturated carbocycles. The van der Waals surface area contributed by atoms with Crippen LogP contribution < -0.4 is 10.6 Å². The fourth-order valence-corrected chi connectivity index (χ4v) is 2.87. The van der Waals surface area contributed by atoms with Gasteiger partial charge in [0.15, 0.2) is 0 Å². The van der Waals surface area contributed by atoms with Crippen molar-refractivity contribution in [3.05, 3.63) is 29.8 Å². The fourth-order valence-electron chi connectivity index (χ4n) is 2.87. The molecule has 1 saturated heterocycles. The summed E-state index contributed by atoms with van der Waals surface area (Å²) < 4.78 is 0. The van der Waals surface area contributed by atoms with Crippen LogP contribution in [0, 0.1) is 11.3 Å². The van der Waals surface area contributed by atoms with Crippen molar-refractivity contribution in [3.8, 4) is 0 Å². The van der Waals surface area contributed by atoms with E-state index in [0.717, 1.165) is 18.9 Å². The van der Waals surface area contributed by atoms with Crippen molar-refractivity contribution in [2.75, 3.05) is 24.5 Å². The van der Waals surface area contributed by atoms with E-state index >= 15 is 0 Å². The van der Waals surface area contributed by atoms with Gasteiger partial charge in [0.05, 0.1) is 0 Å². The Morgan fingerprint density at radius 2 is 2.00 bits per heavy atom. The first-order valence-electron chi connectivity index (χ1n) is 7.05. The molecule has 1 atom stereocenters. The zero-order chi connectivity index (χ0) is 13.2. The Hall–Kier alpha value is -1.02. The highest BCUT2D eigenvalue weighted by atomic mass is 15.2. The second kappa shape index (κ2) is 5.31. The standard InChI is InChI=1S/C16H26N2/c1-16(2,3)14-9-11-18(12-14)15-7-5-4-6-13(15)8-10-17/h4-7,14H,8-12,17H2,1-3H3. The molecular formula is C16H26N2. The molecule has 0 aromatic heterocycles. The van der Waals surface area contributed by atoms with Gasteiger partial charge < -0.3 is 10.6 Å². The maximum absolute atomic E-state index is 5.71. The van der Waals surface area contributed by atoms with Crippen LogP contribution in [0.3, 0.4) is 0 Å². The normalized spacial score (nSPS) is 20.4. The summed E-state index contributed by atoms with van der Waals surface area (Å²) in [6.07, 6.45) is 2.29. The molecule has 1 aromatic rings. The summed E-state index contributed by atoms with van der Waals surface area (Å²) in [5, 5.41) is 0. The molecule has 2 N–H and O–H groups in total. The number of nitrogens with two attached hydrogens (primary N) is 1. The number of hydrogen-bond donors (Lipinski definition) is 1. The minimum Gasteiger partial charge on any atom is -0.371 e. The Kier molecular flexibility index (Phi) is 3.96. The minimum absolute atomic E-state index is 0.414. The molecule has 2 heteroatoms. The molecule has 1 unspecified atom stereocenters. The Balaban J connectivity index is 2.14. The van der Waals surface area contributed by atoms with E-state index in [-0.39, 0.29) is 0 Å². The van der Waals surface area contributed by atoms with Gasteiger partial charge in [-0.05, 0) is 42.3 Å². The van der Waals surface area contributed by atoms with Crippen LogP contribution >= 0.6 is 0 Å². The minimum atomic E-state index is 0.414. The van der Waals surface area contributed by atoms with Crippen LogP contribution in [0.25, 0.3) is 0 Å². The predicted octanol–water partition coefficient (Wildman–Crippen LogP) is 3.06. The number of nitrogens with zero attached hydrogens (tertiary/aromatic N) is 1. The third-order valence-electron chi connectivity index (χ3n) is 4.16. The van der Waals surface area contributed by atoms with Crippen LogP contribution in [0.5, 0.6) is 0 Å². The largest absolute Gasteiger partial charge is 0.371 e. The Morgan fingerprint density at radius 3 is 2.61 bits per heavy atom. The van der Waals surface area contributed by atoms with Gasteiger partial charge in [-0.1, -0.05) is 39.0 Å². The predicted molar refractivity (Wildman–Crippen MR) is 79.0 cm³/mol. The molecule has 1 heterocycles. The maximum atomic E-state index is 5.71. The molecule has 100 valence electrons. The molecule has 0 aliphatic carbocycles. The summed E-state index contributed by atoms with van der Waals surface area (Å²) in [4.78, 5) is 2.54. The van der Waals surface area contributed by atoms with Crippen molar-refractivity contribution in [3.63, 3.8) is 0 Å². The van der Waals surface area contributed by atoms with Crippen molar-refractivity contribution in [2.45, 2.75) is 33.6 Å². The van der Waals surface area contributed by atoms with Gasteiger partial charge in [-0.25, -0.2) is 0 Å². The monoisotopic (exact) mass is 246 g/mol. The zero-order valence-corrected chi connectivity index (χ0v) is 11.9. The number of para-hydroxylation sites is 1. The number of rotatable bonds is 3. The van der Waals surface area contributed by atoms with E-state index in [4.69, 9.17) is 5.73 Å². The van der Waals surface area contributed by atoms with Crippen LogP contribution in [-0.2, 0) is 6.42 Å². The molecule has 1 fully saturated rings. The molecule has 0 radical (unpaired) electrons. The van der Waals surface area contributed by atoms with E-state index in [2.05, 4.69) is 49.9 Å². The smallest absolute Gasteiger partial charge is 0.0399 e. The molecule has 0 amide bonds. The summed E-state index contributed by atoms with van der Waals surface area (Å²) in [6, 6.07) is 8.72. The summed E-state index contributed by atoms with van der Waals surface area (Å²) in [5.41, 5.74) is 8.92. The van der Waals surface area contributed by atoms with Gasteiger partial charge in [-0.15, -0.1) is 0 Å². The highest BCUT2D eigenvalue weighted by Gasteiger charge is 2.32. The Morgan fingerprint density at radius 1 is 1.28 bits per heavy atom. The summed E-state index contributed by atoms with van der Waals surface area (Å²) in [5.74, 6) is 0.795. The van der Waals surface area contributed by atoms with E-state index in [0.29, 0.717) is 5.41 Å². The van der Waals surface area contributed by atoms with Crippen LogP contribution in [0.15, 0.2) is 24.3 Å². The lowest BCUT2D eigenvalue weighted by atomic mass is 9.80. The van der Waals surface area contributed by atoms with Crippen LogP contribution in [0.4, 0.5) is 5.69 Å². The number of hydrogen-bond acceptors (Lipinski definition) is 2. The highest BCUT2D eigenvalue weighted by Crippen LogP contribution is 2.36. The fraction of sp³-hybridized carbons (Fsp3) is 0.625. The third kappa shape index (κ3) is 2.86. The SMILES string of the molecule is CC(C)(C)C1CCN(c2ccccc2CCN)C1. The van der Waals surface area contributed by atoms with E-state index in [1.54, 1.807) is 0 Å². The first-order valence-corrected chi connectivity index (χ1v) is 7.05. The molecular weight excluding hydrogens is 220 g/mol. The first kappa shape index (κ1) is 13.4. The summed E-state index contributed by atoms with van der Waals surface area (Å²) in [6.45, 7) is 10.2. The lowest BCUT2D eigenvalue weighted by molar-refractivity contribution is 0.263. The molecule has 2 nitrogen and oxygen atoms in total. The van der Waals surface area contributed by atoms with Gasteiger partial charge in [0, 0.05) is 18.8 Å². The number of benzene rings is 1. The van der Waals surface area contributed by atoms with Crippen molar-refractivity contribution in [1.29, 1.82) is 0 Å². The molecule has 1 aromatic carbocycles. The quantitative estimate of drug-likeness (QED) is 0.888. The average molecular weight is 246 g/mol. The molecule has 2 rings (SSSR count). The maximum Gasteiger partial charge on any atom is 0.0399 e. The third-order valence-corrected chi connectivity index (χ3v) is 4.16. The van der Waals surface area contributed by atoms with E-state index in [9.17, 15) is 0 Å². The van der Waals surface area contributed by atoms with E-state index in [1.807, 2.05) is 0 Å². The lowest BCUT2D eigenvalue weighted by Crippen LogP contribution is -2.26. The topological polar surface area (TPSA) is 29.3 Å². The Labute approximate surface area is 111 Å². The molecule has 18 heavy (non-hydrogen) atoms. The van der Waals surface area contributed by atoms with Crippen molar-refractivity contribution in [2.24, 2.45) is 17.1 Å². The first-order chi connectivity index (χ1) is 8.52. The van der Waals surface area contributed by atoms with Gasteiger partial charge in [-0.2, -0.15) is 0 Å². The highest BCUT2D eigenvalue weighted by molar-refractivity contribution is 5.54. The van der Waals surface area contributed by atoms with E-state index in [1.165, 1.54) is 30.8 Å². The Bertz CT molecular complexity index is 392. The van der Waals surface area contributed by atoms with Crippen molar-refractivity contribution in [1.82, 2.24) is 0 Å². The second-order valence-corrected chi connectivity index (χ2v) is 6.47. The summed E-state index contributed by atoms with van der Waals surface area (Å²) >= 11 is 0. The molecule has 1 aliphatic rings. The lowest BCUT2D eigenvalue weighted by Gasteiger charge is -2.28. The zero-order valence-electron chi connectivity index (χ0n) is 11.9.